The third-order valence-corrected chi connectivity index (χ3v) is 3.44. The summed E-state index contributed by atoms with van der Waals surface area (Å²) in [5, 5.41) is 0. The number of nitrogens with zero attached hydrogens (tertiary/aromatic N) is 1. The predicted octanol–water partition coefficient (Wildman–Crippen LogP) is -1.74. The van der Waals surface area contributed by atoms with E-state index in [9.17, 15) is 18.0 Å². The van der Waals surface area contributed by atoms with Gasteiger partial charge in [0.05, 0.1) is 25.6 Å². The van der Waals surface area contributed by atoms with Crippen LogP contribution in [0.2, 0.25) is 0 Å². The molecule has 0 saturated carbocycles. The highest BCUT2D eigenvalue weighted by Crippen LogP contribution is 2.10. The largest absolute Gasteiger partial charge is 0.382 e. The second-order valence-electron chi connectivity index (χ2n) is 4.76. The SMILES string of the molecule is COCC(CNS(C)(=O)=O)O[C@H](COC)n1ccc(=O)[nH]c1=O. The quantitative estimate of drug-likeness (QED) is 0.512. The van der Waals surface area contributed by atoms with Gasteiger partial charge in [0, 0.05) is 33.0 Å². The van der Waals surface area contributed by atoms with Crippen LogP contribution in [0.15, 0.2) is 21.9 Å². The topological polar surface area (TPSA) is 129 Å². The van der Waals surface area contributed by atoms with Crippen LogP contribution >= 0.6 is 0 Å². The van der Waals surface area contributed by atoms with Crippen LogP contribution in [0.1, 0.15) is 6.23 Å². The smallest absolute Gasteiger partial charge is 0.330 e. The number of H-pyrrole nitrogens is 1. The first-order chi connectivity index (χ1) is 10.8. The average molecular weight is 351 g/mol. The maximum Gasteiger partial charge on any atom is 0.330 e. The summed E-state index contributed by atoms with van der Waals surface area (Å²) < 4.78 is 41.5. The van der Waals surface area contributed by atoms with Crippen molar-refractivity contribution in [2.45, 2.75) is 12.3 Å². The van der Waals surface area contributed by atoms with Crippen molar-refractivity contribution >= 4 is 10.0 Å². The molecular formula is C12H21N3O7S. The maximum absolute atomic E-state index is 11.8. The van der Waals surface area contributed by atoms with Gasteiger partial charge in [0.2, 0.25) is 10.0 Å². The fraction of sp³-hybridized carbons (Fsp3) is 0.667. The highest BCUT2D eigenvalue weighted by molar-refractivity contribution is 7.88. The monoisotopic (exact) mass is 351 g/mol. The lowest BCUT2D eigenvalue weighted by atomic mass is 10.4. The van der Waals surface area contributed by atoms with E-state index in [0.717, 1.165) is 10.8 Å². The maximum atomic E-state index is 11.8. The van der Waals surface area contributed by atoms with Crippen LogP contribution in [0.5, 0.6) is 0 Å². The van der Waals surface area contributed by atoms with Gasteiger partial charge < -0.3 is 14.2 Å². The van der Waals surface area contributed by atoms with Gasteiger partial charge in [0.15, 0.2) is 6.23 Å². The molecule has 0 radical (unpaired) electrons. The fourth-order valence-electron chi connectivity index (χ4n) is 1.78. The Kier molecular flexibility index (Phi) is 7.58. The van der Waals surface area contributed by atoms with Crippen molar-refractivity contribution in [3.8, 4) is 0 Å². The Morgan fingerprint density at radius 3 is 2.43 bits per heavy atom. The molecule has 10 nitrogen and oxygen atoms in total. The molecule has 1 aromatic heterocycles. The zero-order valence-electron chi connectivity index (χ0n) is 13.1. The van der Waals surface area contributed by atoms with Gasteiger partial charge in [-0.3, -0.25) is 14.3 Å². The van der Waals surface area contributed by atoms with Crippen molar-refractivity contribution in [1.82, 2.24) is 14.3 Å². The van der Waals surface area contributed by atoms with E-state index >= 15 is 0 Å². The van der Waals surface area contributed by atoms with Gasteiger partial charge in [-0.15, -0.1) is 0 Å². The first kappa shape index (κ1) is 19.5. The second-order valence-corrected chi connectivity index (χ2v) is 6.59. The zero-order valence-corrected chi connectivity index (χ0v) is 14.0. The lowest BCUT2D eigenvalue weighted by Crippen LogP contribution is -2.41. The molecule has 2 N–H and O–H groups in total. The average Bonchev–Trinajstić information content (AvgIpc) is 2.44. The van der Waals surface area contributed by atoms with E-state index in [4.69, 9.17) is 14.2 Å². The summed E-state index contributed by atoms with van der Waals surface area (Å²) in [6, 6.07) is 1.17. The lowest BCUT2D eigenvalue weighted by molar-refractivity contribution is -0.106. The lowest BCUT2D eigenvalue weighted by Gasteiger charge is -2.25. The molecule has 0 aliphatic heterocycles. The number of hydrogen-bond acceptors (Lipinski definition) is 7. The molecule has 0 bridgehead atoms. The number of nitrogens with one attached hydrogen (secondary N) is 2. The molecule has 23 heavy (non-hydrogen) atoms. The second kappa shape index (κ2) is 8.93. The molecule has 0 amide bonds. The molecule has 132 valence electrons. The number of hydrogen-bond donors (Lipinski definition) is 2. The molecule has 0 fully saturated rings. The van der Waals surface area contributed by atoms with Crippen molar-refractivity contribution in [2.75, 3.05) is 40.2 Å². The highest BCUT2D eigenvalue weighted by atomic mass is 32.2. The molecule has 0 spiro atoms. The normalized spacial score (nSPS) is 14.6. The molecule has 0 aromatic carbocycles. The zero-order chi connectivity index (χ0) is 17.5. The minimum atomic E-state index is -3.40. The molecule has 2 atom stereocenters. The Morgan fingerprint density at radius 2 is 1.91 bits per heavy atom. The third-order valence-electron chi connectivity index (χ3n) is 2.75. The first-order valence-electron chi connectivity index (χ1n) is 6.66. The Labute approximate surface area is 133 Å². The summed E-state index contributed by atoms with van der Waals surface area (Å²) in [7, 11) is -0.534. The minimum absolute atomic E-state index is 0.0189. The summed E-state index contributed by atoms with van der Waals surface area (Å²) in [5.74, 6) is 0. The molecule has 1 rings (SSSR count). The van der Waals surface area contributed by atoms with Gasteiger partial charge in [0.25, 0.3) is 5.56 Å². The van der Waals surface area contributed by atoms with Crippen molar-refractivity contribution in [3.05, 3.63) is 33.1 Å². The van der Waals surface area contributed by atoms with Crippen LogP contribution in [0, 0.1) is 0 Å². The summed E-state index contributed by atoms with van der Waals surface area (Å²) in [6.45, 7) is 0.0802. The summed E-state index contributed by atoms with van der Waals surface area (Å²) in [4.78, 5) is 25.1. The molecular weight excluding hydrogens is 330 g/mol. The molecule has 1 unspecified atom stereocenters. The number of methoxy groups -OCH3 is 2. The highest BCUT2D eigenvalue weighted by Gasteiger charge is 2.20. The molecule has 0 aliphatic carbocycles. The fourth-order valence-corrected chi connectivity index (χ4v) is 2.27. The Bertz CT molecular complexity index is 697. The van der Waals surface area contributed by atoms with Gasteiger partial charge >= 0.3 is 5.69 Å². The van der Waals surface area contributed by atoms with Crippen LogP contribution < -0.4 is 16.0 Å². The van der Waals surface area contributed by atoms with Crippen molar-refractivity contribution in [1.29, 1.82) is 0 Å². The van der Waals surface area contributed by atoms with Gasteiger partial charge in [-0.2, -0.15) is 0 Å². The van der Waals surface area contributed by atoms with E-state index in [-0.39, 0.29) is 19.8 Å². The summed E-state index contributed by atoms with van der Waals surface area (Å²) in [6.07, 6.45) is 0.786. The van der Waals surface area contributed by atoms with Crippen LogP contribution in [0.3, 0.4) is 0 Å². The van der Waals surface area contributed by atoms with Crippen LogP contribution in [0.4, 0.5) is 0 Å². The number of ether oxygens (including phenoxy) is 3. The first-order valence-corrected chi connectivity index (χ1v) is 8.55. The molecule has 11 heteroatoms. The molecule has 1 aromatic rings. The summed E-state index contributed by atoms with van der Waals surface area (Å²) in [5.41, 5.74) is -1.19. The molecule has 0 aliphatic rings. The van der Waals surface area contributed by atoms with Crippen LogP contribution in [-0.2, 0) is 24.2 Å². The van der Waals surface area contributed by atoms with Crippen LogP contribution in [0.25, 0.3) is 0 Å². The Balaban J connectivity index is 2.93. The van der Waals surface area contributed by atoms with Gasteiger partial charge in [-0.25, -0.2) is 17.9 Å². The van der Waals surface area contributed by atoms with E-state index in [1.165, 1.54) is 26.5 Å². The van der Waals surface area contributed by atoms with Crippen molar-refractivity contribution < 1.29 is 22.6 Å². The van der Waals surface area contributed by atoms with Crippen LogP contribution in [-0.4, -0.2) is 64.3 Å². The number of aromatic amines is 1. The van der Waals surface area contributed by atoms with Gasteiger partial charge in [-0.1, -0.05) is 0 Å². The van der Waals surface area contributed by atoms with Crippen molar-refractivity contribution in [3.63, 3.8) is 0 Å². The van der Waals surface area contributed by atoms with E-state index in [1.54, 1.807) is 0 Å². The van der Waals surface area contributed by atoms with E-state index in [1.807, 2.05) is 0 Å². The number of sulfonamides is 1. The van der Waals surface area contributed by atoms with E-state index < -0.39 is 33.6 Å². The Hall–Kier alpha value is -1.53. The number of aromatic nitrogens is 2. The Morgan fingerprint density at radius 1 is 1.26 bits per heavy atom. The minimum Gasteiger partial charge on any atom is -0.382 e. The van der Waals surface area contributed by atoms with Gasteiger partial charge in [-0.05, 0) is 0 Å². The van der Waals surface area contributed by atoms with E-state index in [0.29, 0.717) is 0 Å². The summed E-state index contributed by atoms with van der Waals surface area (Å²) >= 11 is 0. The molecule has 1 heterocycles. The van der Waals surface area contributed by atoms with E-state index in [2.05, 4.69) is 9.71 Å². The number of rotatable bonds is 10. The predicted molar refractivity (Wildman–Crippen MR) is 81.8 cm³/mol. The standard InChI is InChI=1S/C12H21N3O7S/c1-20-7-9(6-13-23(3,18)19)22-11(8-21-2)15-5-4-10(16)14-12(15)17/h4-5,9,11,13H,6-8H2,1-3H3,(H,14,16,17)/t9?,11-/m1/s1. The molecule has 0 saturated heterocycles. The van der Waals surface area contributed by atoms with Gasteiger partial charge in [0.1, 0.15) is 0 Å². The third kappa shape index (κ3) is 7.05. The van der Waals surface area contributed by atoms with Crippen molar-refractivity contribution in [2.24, 2.45) is 0 Å².